The SMILES string of the molecule is CCC(CC)(PC)c1cccc(C)c1OCc1ccccc1. The molecule has 0 spiro atoms. The van der Waals surface area contributed by atoms with Crippen LogP contribution in [0.15, 0.2) is 48.5 Å². The Balaban J connectivity index is 2.34. The van der Waals surface area contributed by atoms with Crippen molar-refractivity contribution in [2.75, 3.05) is 6.66 Å². The standard InChI is InChI=1S/C20H27OP/c1-5-20(6-2,22-4)18-14-10-11-16(3)19(18)21-15-17-12-8-7-9-13-17/h7-14,22H,5-6,15H2,1-4H3. The van der Waals surface area contributed by atoms with Crippen molar-refractivity contribution in [2.45, 2.75) is 45.4 Å². The molecule has 118 valence electrons. The molecule has 0 saturated carbocycles. The molecule has 1 atom stereocenters. The Bertz CT molecular complexity index is 580. The van der Waals surface area contributed by atoms with Gasteiger partial charge in [0.05, 0.1) is 0 Å². The van der Waals surface area contributed by atoms with E-state index in [1.807, 2.05) is 6.07 Å². The number of aryl methyl sites for hydroxylation is 1. The maximum Gasteiger partial charge on any atom is 0.126 e. The predicted molar refractivity (Wildman–Crippen MR) is 98.5 cm³/mol. The lowest BCUT2D eigenvalue weighted by molar-refractivity contribution is 0.296. The Morgan fingerprint density at radius 1 is 0.955 bits per heavy atom. The average molecular weight is 314 g/mol. The first-order valence-electron chi connectivity index (χ1n) is 8.12. The molecule has 0 radical (unpaired) electrons. The lowest BCUT2D eigenvalue weighted by Gasteiger charge is -2.33. The molecular formula is C20H27OP. The zero-order valence-electron chi connectivity index (χ0n) is 14.1. The number of hydrogen-bond donors (Lipinski definition) is 0. The summed E-state index contributed by atoms with van der Waals surface area (Å²) >= 11 is 0. The minimum absolute atomic E-state index is 0.248. The first kappa shape index (κ1) is 17.0. The quantitative estimate of drug-likeness (QED) is 0.578. The van der Waals surface area contributed by atoms with Gasteiger partial charge < -0.3 is 4.74 Å². The molecule has 2 aromatic carbocycles. The van der Waals surface area contributed by atoms with Gasteiger partial charge in [-0.2, -0.15) is 0 Å². The third-order valence-electron chi connectivity index (χ3n) is 4.64. The molecule has 0 N–H and O–H groups in total. The van der Waals surface area contributed by atoms with Crippen molar-refractivity contribution in [1.82, 2.24) is 0 Å². The maximum atomic E-state index is 6.27. The van der Waals surface area contributed by atoms with Crippen LogP contribution in [0.5, 0.6) is 5.75 Å². The van der Waals surface area contributed by atoms with E-state index in [4.69, 9.17) is 4.74 Å². The van der Waals surface area contributed by atoms with Gasteiger partial charge >= 0.3 is 0 Å². The third-order valence-corrected chi connectivity index (χ3v) is 6.57. The lowest BCUT2D eigenvalue weighted by Crippen LogP contribution is -2.19. The lowest BCUT2D eigenvalue weighted by atomic mass is 9.90. The van der Waals surface area contributed by atoms with E-state index in [0.717, 1.165) is 27.2 Å². The number of para-hydroxylation sites is 1. The highest BCUT2D eigenvalue weighted by molar-refractivity contribution is 7.38. The zero-order chi connectivity index (χ0) is 16.0. The number of hydrogen-bond acceptors (Lipinski definition) is 1. The van der Waals surface area contributed by atoms with Gasteiger partial charge in [-0.15, -0.1) is 8.58 Å². The van der Waals surface area contributed by atoms with Gasteiger partial charge in [0.15, 0.2) is 0 Å². The molecule has 1 nitrogen and oxygen atoms in total. The summed E-state index contributed by atoms with van der Waals surface area (Å²) in [4.78, 5) is 0. The highest BCUT2D eigenvalue weighted by Crippen LogP contribution is 2.49. The van der Waals surface area contributed by atoms with Crippen molar-refractivity contribution in [1.29, 1.82) is 0 Å². The van der Waals surface area contributed by atoms with E-state index in [2.05, 4.69) is 69.9 Å². The van der Waals surface area contributed by atoms with Crippen molar-refractivity contribution in [3.05, 3.63) is 65.2 Å². The molecule has 0 fully saturated rings. The highest BCUT2D eigenvalue weighted by Gasteiger charge is 2.30. The summed E-state index contributed by atoms with van der Waals surface area (Å²) < 4.78 is 6.27. The highest BCUT2D eigenvalue weighted by atomic mass is 31.1. The van der Waals surface area contributed by atoms with Crippen LogP contribution >= 0.6 is 8.58 Å². The molecule has 0 aromatic heterocycles. The molecule has 2 rings (SSSR count). The predicted octanol–water partition coefficient (Wildman–Crippen LogP) is 5.90. The van der Waals surface area contributed by atoms with E-state index in [0.29, 0.717) is 6.61 Å². The smallest absolute Gasteiger partial charge is 0.126 e. The Morgan fingerprint density at radius 3 is 2.23 bits per heavy atom. The van der Waals surface area contributed by atoms with Crippen molar-refractivity contribution in [2.24, 2.45) is 0 Å². The van der Waals surface area contributed by atoms with Crippen LogP contribution in [0.3, 0.4) is 0 Å². The molecule has 0 saturated heterocycles. The van der Waals surface area contributed by atoms with E-state index < -0.39 is 0 Å². The zero-order valence-corrected chi connectivity index (χ0v) is 15.1. The van der Waals surface area contributed by atoms with Gasteiger partial charge in [-0.25, -0.2) is 0 Å². The molecule has 0 aliphatic carbocycles. The summed E-state index contributed by atoms with van der Waals surface area (Å²) in [5.74, 6) is 1.09. The number of benzene rings is 2. The monoisotopic (exact) mass is 314 g/mol. The second-order valence-electron chi connectivity index (χ2n) is 5.77. The van der Waals surface area contributed by atoms with Crippen LogP contribution in [0.4, 0.5) is 0 Å². The molecule has 1 unspecified atom stereocenters. The Hall–Kier alpha value is -1.33. The second kappa shape index (κ2) is 7.79. The third kappa shape index (κ3) is 3.52. The summed E-state index contributed by atoms with van der Waals surface area (Å²) in [6.07, 6.45) is 2.31. The van der Waals surface area contributed by atoms with Crippen LogP contribution in [-0.4, -0.2) is 6.66 Å². The topological polar surface area (TPSA) is 9.23 Å². The molecule has 2 aromatic rings. The maximum absolute atomic E-state index is 6.27. The summed E-state index contributed by atoms with van der Waals surface area (Å²) in [5, 5.41) is 0.248. The fourth-order valence-electron chi connectivity index (χ4n) is 3.07. The molecule has 22 heavy (non-hydrogen) atoms. The van der Waals surface area contributed by atoms with Gasteiger partial charge in [-0.1, -0.05) is 62.4 Å². The van der Waals surface area contributed by atoms with Crippen molar-refractivity contribution >= 4 is 8.58 Å². The summed E-state index contributed by atoms with van der Waals surface area (Å²) in [7, 11) is 0.880. The van der Waals surface area contributed by atoms with Crippen LogP contribution in [-0.2, 0) is 11.8 Å². The van der Waals surface area contributed by atoms with E-state index in [-0.39, 0.29) is 5.16 Å². The van der Waals surface area contributed by atoms with Gasteiger partial charge in [0.2, 0.25) is 0 Å². The van der Waals surface area contributed by atoms with E-state index in [1.165, 1.54) is 16.7 Å². The van der Waals surface area contributed by atoms with Crippen LogP contribution in [0, 0.1) is 6.92 Å². The van der Waals surface area contributed by atoms with Gasteiger partial charge in [0, 0.05) is 10.7 Å². The fourth-order valence-corrected chi connectivity index (χ4v) is 4.24. The van der Waals surface area contributed by atoms with Gasteiger partial charge in [0.25, 0.3) is 0 Å². The molecule has 0 heterocycles. The minimum Gasteiger partial charge on any atom is -0.488 e. The number of rotatable bonds is 7. The first-order chi connectivity index (χ1) is 10.7. The van der Waals surface area contributed by atoms with E-state index in [1.54, 1.807) is 0 Å². The Morgan fingerprint density at radius 2 is 1.64 bits per heavy atom. The largest absolute Gasteiger partial charge is 0.488 e. The molecular weight excluding hydrogens is 287 g/mol. The Kier molecular flexibility index (Phi) is 6.03. The van der Waals surface area contributed by atoms with Crippen molar-refractivity contribution in [3.8, 4) is 5.75 Å². The van der Waals surface area contributed by atoms with Crippen LogP contribution in [0.25, 0.3) is 0 Å². The summed E-state index contributed by atoms with van der Waals surface area (Å²) in [5.41, 5.74) is 3.83. The molecule has 0 amide bonds. The van der Waals surface area contributed by atoms with E-state index in [9.17, 15) is 0 Å². The Labute approximate surface area is 136 Å². The fraction of sp³-hybridized carbons (Fsp3) is 0.400. The summed E-state index contributed by atoms with van der Waals surface area (Å²) in [6, 6.07) is 17.0. The van der Waals surface area contributed by atoms with Gasteiger partial charge in [-0.3, -0.25) is 0 Å². The molecule has 0 aliphatic rings. The second-order valence-corrected chi connectivity index (χ2v) is 7.22. The minimum atomic E-state index is 0.248. The van der Waals surface area contributed by atoms with E-state index >= 15 is 0 Å². The van der Waals surface area contributed by atoms with Gasteiger partial charge in [-0.05, 0) is 37.6 Å². The van der Waals surface area contributed by atoms with Crippen LogP contribution in [0.2, 0.25) is 0 Å². The molecule has 0 aliphatic heterocycles. The molecule has 2 heteroatoms. The van der Waals surface area contributed by atoms with Crippen LogP contribution in [0.1, 0.15) is 43.4 Å². The summed E-state index contributed by atoms with van der Waals surface area (Å²) in [6.45, 7) is 9.69. The molecule has 0 bridgehead atoms. The van der Waals surface area contributed by atoms with Crippen LogP contribution < -0.4 is 4.74 Å². The normalized spacial score (nSPS) is 12.0. The van der Waals surface area contributed by atoms with Crippen molar-refractivity contribution < 1.29 is 4.74 Å². The van der Waals surface area contributed by atoms with Crippen molar-refractivity contribution in [3.63, 3.8) is 0 Å². The first-order valence-corrected chi connectivity index (χ1v) is 9.62. The average Bonchev–Trinajstić information content (AvgIpc) is 2.57. The van der Waals surface area contributed by atoms with Gasteiger partial charge in [0.1, 0.15) is 12.4 Å². The number of ether oxygens (including phenoxy) is 1.